The van der Waals surface area contributed by atoms with Gasteiger partial charge in [-0.05, 0) is 24.5 Å². The van der Waals surface area contributed by atoms with Crippen molar-refractivity contribution in [2.75, 3.05) is 6.61 Å². The number of rotatable bonds is 10. The fourth-order valence-electron chi connectivity index (χ4n) is 2.69. The second kappa shape index (κ2) is 11.0. The molecule has 9 heteroatoms. The molecule has 0 unspecified atom stereocenters. The Morgan fingerprint density at radius 2 is 1.82 bits per heavy atom. The Hall–Kier alpha value is -2.97. The van der Waals surface area contributed by atoms with E-state index in [1.807, 2.05) is 0 Å². The van der Waals surface area contributed by atoms with Crippen LogP contribution >= 0.6 is 0 Å². The normalized spacial score (nSPS) is 13.7. The van der Waals surface area contributed by atoms with Crippen LogP contribution < -0.4 is 16.4 Å². The summed E-state index contributed by atoms with van der Waals surface area (Å²) in [5.74, 6) is -3.72. The first-order valence-electron chi connectivity index (χ1n) is 8.91. The van der Waals surface area contributed by atoms with Gasteiger partial charge < -0.3 is 21.1 Å². The molecule has 1 aromatic rings. The largest absolute Gasteiger partial charge is 0.466 e. The van der Waals surface area contributed by atoms with Gasteiger partial charge in [0.05, 0.1) is 13.0 Å². The maximum atomic E-state index is 13.9. The van der Waals surface area contributed by atoms with E-state index in [0.717, 1.165) is 0 Å². The molecule has 3 amide bonds. The summed E-state index contributed by atoms with van der Waals surface area (Å²) in [7, 11) is 0. The molecular weight excluding hydrogens is 369 g/mol. The van der Waals surface area contributed by atoms with Crippen LogP contribution in [0.3, 0.4) is 0 Å². The molecule has 0 aromatic heterocycles. The zero-order valence-corrected chi connectivity index (χ0v) is 16.2. The van der Waals surface area contributed by atoms with E-state index in [-0.39, 0.29) is 25.0 Å². The number of halogens is 1. The van der Waals surface area contributed by atoms with Gasteiger partial charge in [0.15, 0.2) is 0 Å². The Morgan fingerprint density at radius 1 is 1.18 bits per heavy atom. The molecule has 0 aliphatic rings. The van der Waals surface area contributed by atoms with Crippen LogP contribution in [0.25, 0.3) is 0 Å². The lowest BCUT2D eigenvalue weighted by Crippen LogP contribution is -2.55. The Morgan fingerprint density at radius 3 is 2.36 bits per heavy atom. The first kappa shape index (κ1) is 23.1. The van der Waals surface area contributed by atoms with E-state index in [1.54, 1.807) is 19.9 Å². The minimum atomic E-state index is -1.16. The van der Waals surface area contributed by atoms with Crippen LogP contribution in [0, 0.1) is 11.7 Å². The van der Waals surface area contributed by atoms with E-state index in [0.29, 0.717) is 0 Å². The Labute approximate surface area is 163 Å². The minimum Gasteiger partial charge on any atom is -0.466 e. The van der Waals surface area contributed by atoms with E-state index in [9.17, 15) is 23.6 Å². The van der Waals surface area contributed by atoms with Gasteiger partial charge in [-0.2, -0.15) is 0 Å². The predicted molar refractivity (Wildman–Crippen MR) is 99.2 cm³/mol. The zero-order chi connectivity index (χ0) is 21.3. The molecule has 28 heavy (non-hydrogen) atoms. The van der Waals surface area contributed by atoms with Gasteiger partial charge in [-0.15, -0.1) is 0 Å². The van der Waals surface area contributed by atoms with Crippen LogP contribution in [0.15, 0.2) is 24.3 Å². The number of benzene rings is 1. The minimum absolute atomic E-state index is 0.115. The van der Waals surface area contributed by atoms with E-state index < -0.39 is 47.5 Å². The summed E-state index contributed by atoms with van der Waals surface area (Å²) in [6, 6.07) is 3.57. The lowest BCUT2D eigenvalue weighted by molar-refractivity contribution is -0.145. The third-order valence-corrected chi connectivity index (χ3v) is 4.04. The van der Waals surface area contributed by atoms with Gasteiger partial charge in [0.1, 0.15) is 17.9 Å². The molecule has 0 radical (unpaired) electrons. The number of amides is 3. The number of hydrogen-bond acceptors (Lipinski definition) is 5. The molecule has 0 spiro atoms. The number of hydrogen-bond donors (Lipinski definition) is 3. The SMILES string of the molecule is CCOC(=O)C[C@H](C)[C@@H](NC(=O)[C@H](Cc1ccccc1F)NC(C)=O)C(N)=O. The van der Waals surface area contributed by atoms with E-state index >= 15 is 0 Å². The fraction of sp³-hybridized carbons (Fsp3) is 0.474. The molecule has 4 N–H and O–H groups in total. The lowest BCUT2D eigenvalue weighted by atomic mass is 9.96. The van der Waals surface area contributed by atoms with Crippen molar-refractivity contribution in [1.29, 1.82) is 0 Å². The van der Waals surface area contributed by atoms with Crippen molar-refractivity contribution in [2.45, 2.75) is 45.7 Å². The van der Waals surface area contributed by atoms with Gasteiger partial charge in [0.2, 0.25) is 17.7 Å². The molecule has 0 saturated carbocycles. The molecule has 0 fully saturated rings. The van der Waals surface area contributed by atoms with E-state index in [1.165, 1.54) is 25.1 Å². The number of carbonyl (C=O) groups excluding carboxylic acids is 4. The van der Waals surface area contributed by atoms with Crippen LogP contribution in [0.2, 0.25) is 0 Å². The molecular formula is C19H26FN3O5. The Balaban J connectivity index is 2.93. The molecule has 0 heterocycles. The summed E-state index contributed by atoms with van der Waals surface area (Å²) in [6.07, 6.45) is -0.240. The molecule has 1 aromatic carbocycles. The number of nitrogens with two attached hydrogens (primary N) is 1. The third kappa shape index (κ3) is 7.34. The third-order valence-electron chi connectivity index (χ3n) is 4.04. The molecule has 8 nitrogen and oxygen atoms in total. The highest BCUT2D eigenvalue weighted by atomic mass is 19.1. The Bertz CT molecular complexity index is 725. The van der Waals surface area contributed by atoms with E-state index in [4.69, 9.17) is 10.5 Å². The van der Waals surface area contributed by atoms with Gasteiger partial charge in [-0.25, -0.2) is 4.39 Å². The summed E-state index contributed by atoms with van der Waals surface area (Å²) in [6.45, 7) is 4.62. The van der Waals surface area contributed by atoms with Crippen molar-refractivity contribution in [3.05, 3.63) is 35.6 Å². The standard InChI is InChI=1S/C19H26FN3O5/c1-4-28-16(25)9-11(2)17(18(21)26)23-19(27)15(22-12(3)24)10-13-7-5-6-8-14(13)20/h5-8,11,15,17H,4,9-10H2,1-3H3,(H2,21,26)(H,22,24)(H,23,27)/t11-,15-,17+/m0/s1. The highest BCUT2D eigenvalue weighted by Crippen LogP contribution is 2.12. The first-order valence-corrected chi connectivity index (χ1v) is 8.91. The Kier molecular flexibility index (Phi) is 9.07. The summed E-state index contributed by atoms with van der Waals surface area (Å²) in [4.78, 5) is 47.5. The highest BCUT2D eigenvalue weighted by molar-refractivity contribution is 5.91. The zero-order valence-electron chi connectivity index (χ0n) is 16.2. The number of esters is 1. The quantitative estimate of drug-likeness (QED) is 0.495. The van der Waals surface area contributed by atoms with E-state index in [2.05, 4.69) is 10.6 Å². The second-order valence-corrected chi connectivity index (χ2v) is 6.42. The van der Waals surface area contributed by atoms with Crippen LogP contribution in [0.1, 0.15) is 32.8 Å². The van der Waals surface area contributed by atoms with Gasteiger partial charge in [-0.1, -0.05) is 25.1 Å². The summed E-state index contributed by atoms with van der Waals surface area (Å²) < 4.78 is 18.8. The van der Waals surface area contributed by atoms with Crippen molar-refractivity contribution >= 4 is 23.7 Å². The smallest absolute Gasteiger partial charge is 0.306 e. The maximum absolute atomic E-state index is 13.9. The van der Waals surface area contributed by atoms with Crippen LogP contribution in [-0.4, -0.2) is 42.4 Å². The monoisotopic (exact) mass is 395 g/mol. The fourth-order valence-corrected chi connectivity index (χ4v) is 2.69. The molecule has 1 rings (SSSR count). The summed E-state index contributed by atoms with van der Waals surface area (Å²) >= 11 is 0. The van der Waals surface area contributed by atoms with Crippen molar-refractivity contribution in [2.24, 2.45) is 11.7 Å². The van der Waals surface area contributed by atoms with Gasteiger partial charge in [0, 0.05) is 13.3 Å². The first-order chi connectivity index (χ1) is 13.1. The number of ether oxygens (including phenoxy) is 1. The molecule has 3 atom stereocenters. The molecule has 0 bridgehead atoms. The summed E-state index contributed by atoms with van der Waals surface area (Å²) in [5.41, 5.74) is 5.59. The van der Waals surface area contributed by atoms with Crippen LogP contribution in [-0.2, 0) is 30.3 Å². The number of carbonyl (C=O) groups is 4. The van der Waals surface area contributed by atoms with Crippen molar-refractivity contribution in [1.82, 2.24) is 10.6 Å². The number of primary amides is 1. The van der Waals surface area contributed by atoms with Gasteiger partial charge in [0.25, 0.3) is 0 Å². The average molecular weight is 395 g/mol. The van der Waals surface area contributed by atoms with Gasteiger partial charge in [-0.3, -0.25) is 19.2 Å². The van der Waals surface area contributed by atoms with Gasteiger partial charge >= 0.3 is 5.97 Å². The lowest BCUT2D eigenvalue weighted by Gasteiger charge is -2.25. The number of nitrogens with one attached hydrogen (secondary N) is 2. The second-order valence-electron chi connectivity index (χ2n) is 6.42. The predicted octanol–water partition coefficient (Wildman–Crippen LogP) is 0.432. The van der Waals surface area contributed by atoms with Crippen LogP contribution in [0.5, 0.6) is 0 Å². The molecule has 154 valence electrons. The van der Waals surface area contributed by atoms with Crippen molar-refractivity contribution in [3.8, 4) is 0 Å². The highest BCUT2D eigenvalue weighted by Gasteiger charge is 2.30. The maximum Gasteiger partial charge on any atom is 0.306 e. The topological polar surface area (TPSA) is 128 Å². The van der Waals surface area contributed by atoms with Crippen molar-refractivity contribution in [3.63, 3.8) is 0 Å². The van der Waals surface area contributed by atoms with Crippen LogP contribution in [0.4, 0.5) is 4.39 Å². The average Bonchev–Trinajstić information content (AvgIpc) is 2.60. The summed E-state index contributed by atoms with van der Waals surface area (Å²) in [5, 5.41) is 4.89. The van der Waals surface area contributed by atoms with Crippen molar-refractivity contribution < 1.29 is 28.3 Å². The molecule has 0 aliphatic carbocycles. The molecule has 0 saturated heterocycles. The molecule has 0 aliphatic heterocycles.